The van der Waals surface area contributed by atoms with Crippen molar-refractivity contribution in [3.8, 4) is 17.2 Å². The molecule has 3 N–H and O–H groups in total. The molecule has 0 atom stereocenters. The third kappa shape index (κ3) is 5.05. The molecule has 0 aliphatic rings. The van der Waals surface area contributed by atoms with E-state index < -0.39 is 5.91 Å². The summed E-state index contributed by atoms with van der Waals surface area (Å²) in [6, 6.07) is 13.9. The van der Waals surface area contributed by atoms with Crippen LogP contribution in [0.15, 0.2) is 54.7 Å². The van der Waals surface area contributed by atoms with Gasteiger partial charge in [0.1, 0.15) is 0 Å². The van der Waals surface area contributed by atoms with Crippen LogP contribution in [0.5, 0.6) is 11.5 Å². The number of benzene rings is 2. The smallest absolute Gasteiger partial charge is 0.272 e. The van der Waals surface area contributed by atoms with Gasteiger partial charge in [-0.25, -0.2) is 4.68 Å². The summed E-state index contributed by atoms with van der Waals surface area (Å²) in [5, 5.41) is 7.61. The molecule has 0 fully saturated rings. The average molecular weight is 415 g/mol. The molecule has 1 heterocycles. The number of methoxy groups -OCH3 is 1. The van der Waals surface area contributed by atoms with E-state index in [-0.39, 0.29) is 24.8 Å². The molecule has 0 aliphatic heterocycles. The molecule has 0 unspecified atom stereocenters. The number of carbonyl (C=O) groups is 2. The number of halogens is 1. The van der Waals surface area contributed by atoms with E-state index in [0.717, 1.165) is 5.56 Å². The van der Waals surface area contributed by atoms with Gasteiger partial charge >= 0.3 is 0 Å². The van der Waals surface area contributed by atoms with E-state index in [0.29, 0.717) is 22.2 Å². The Balaban J connectivity index is 1.65. The van der Waals surface area contributed by atoms with Gasteiger partial charge in [0, 0.05) is 12.7 Å². The second-order valence-electron chi connectivity index (χ2n) is 6.02. The Labute approximate surface area is 172 Å². The first-order valence-corrected chi connectivity index (χ1v) is 9.02. The van der Waals surface area contributed by atoms with Crippen molar-refractivity contribution in [1.82, 2.24) is 15.1 Å². The summed E-state index contributed by atoms with van der Waals surface area (Å²) in [7, 11) is 1.48. The number of nitrogens with zero attached hydrogens (tertiary/aromatic N) is 2. The Morgan fingerprint density at radius 3 is 2.69 bits per heavy atom. The predicted octanol–water partition coefficient (Wildman–Crippen LogP) is 2.33. The summed E-state index contributed by atoms with van der Waals surface area (Å²) in [5.74, 6) is -0.0932. The highest BCUT2D eigenvalue weighted by atomic mass is 35.5. The number of nitrogens with two attached hydrogens (primary N) is 1. The molecule has 1 aromatic heterocycles. The lowest BCUT2D eigenvalue weighted by molar-refractivity contribution is -0.119. The maximum atomic E-state index is 12.4. The number of hydrogen-bond acceptors (Lipinski definition) is 5. The Morgan fingerprint density at radius 1 is 1.17 bits per heavy atom. The van der Waals surface area contributed by atoms with Gasteiger partial charge in [0.05, 0.1) is 17.8 Å². The van der Waals surface area contributed by atoms with E-state index in [1.54, 1.807) is 41.2 Å². The molecule has 3 rings (SSSR count). The Morgan fingerprint density at radius 2 is 1.97 bits per heavy atom. The molecular formula is C20H19ClN4O4. The van der Waals surface area contributed by atoms with Gasteiger partial charge in [0.2, 0.25) is 0 Å². The standard InChI is InChI=1S/C20H19ClN4O4/c1-28-18-10-13(6-7-17(18)29-12-19(22)26)11-23-20(27)15-8-9-25(24-15)16-5-3-2-4-14(16)21/h2-10H,11-12H2,1H3,(H2,22,26)(H,23,27). The summed E-state index contributed by atoms with van der Waals surface area (Å²) in [4.78, 5) is 23.3. The van der Waals surface area contributed by atoms with E-state index in [2.05, 4.69) is 10.4 Å². The summed E-state index contributed by atoms with van der Waals surface area (Å²) >= 11 is 6.16. The summed E-state index contributed by atoms with van der Waals surface area (Å²) in [6.45, 7) is 0.00474. The van der Waals surface area contributed by atoms with Crippen LogP contribution in [-0.4, -0.2) is 35.3 Å². The minimum absolute atomic E-state index is 0.249. The first-order valence-electron chi connectivity index (χ1n) is 8.64. The van der Waals surface area contributed by atoms with Gasteiger partial charge in [-0.15, -0.1) is 0 Å². The number of rotatable bonds is 8. The number of carbonyl (C=O) groups excluding carboxylic acids is 2. The van der Waals surface area contributed by atoms with Crippen LogP contribution in [0.4, 0.5) is 0 Å². The third-order valence-corrected chi connectivity index (χ3v) is 4.29. The van der Waals surface area contributed by atoms with Gasteiger partial charge < -0.3 is 20.5 Å². The van der Waals surface area contributed by atoms with Gasteiger partial charge in [-0.05, 0) is 35.9 Å². The van der Waals surface area contributed by atoms with Gasteiger partial charge in [0.25, 0.3) is 11.8 Å². The van der Waals surface area contributed by atoms with Crippen molar-refractivity contribution in [2.24, 2.45) is 5.73 Å². The van der Waals surface area contributed by atoms with Gasteiger partial charge in [-0.3, -0.25) is 9.59 Å². The second kappa shape index (κ2) is 9.11. The number of amides is 2. The highest BCUT2D eigenvalue weighted by molar-refractivity contribution is 6.32. The number of primary amides is 1. The lowest BCUT2D eigenvalue weighted by Gasteiger charge is -2.11. The minimum Gasteiger partial charge on any atom is -0.493 e. The zero-order valence-corrected chi connectivity index (χ0v) is 16.3. The van der Waals surface area contributed by atoms with Crippen LogP contribution in [0.25, 0.3) is 5.69 Å². The van der Waals surface area contributed by atoms with E-state index >= 15 is 0 Å². The van der Waals surface area contributed by atoms with Crippen LogP contribution < -0.4 is 20.5 Å². The lowest BCUT2D eigenvalue weighted by Crippen LogP contribution is -2.23. The van der Waals surface area contributed by atoms with Gasteiger partial charge in [-0.2, -0.15) is 5.10 Å². The highest BCUT2D eigenvalue weighted by Crippen LogP contribution is 2.28. The summed E-state index contributed by atoms with van der Waals surface area (Å²) in [5.41, 5.74) is 6.81. The van der Waals surface area contributed by atoms with Crippen LogP contribution in [0.3, 0.4) is 0 Å². The summed E-state index contributed by atoms with van der Waals surface area (Å²) < 4.78 is 12.1. The molecule has 0 saturated heterocycles. The fourth-order valence-electron chi connectivity index (χ4n) is 2.58. The molecular weight excluding hydrogens is 396 g/mol. The van der Waals surface area contributed by atoms with Crippen LogP contribution in [0.2, 0.25) is 5.02 Å². The van der Waals surface area contributed by atoms with Crippen molar-refractivity contribution in [3.05, 3.63) is 71.0 Å². The molecule has 0 saturated carbocycles. The molecule has 8 nitrogen and oxygen atoms in total. The first-order chi connectivity index (χ1) is 14.0. The molecule has 29 heavy (non-hydrogen) atoms. The third-order valence-electron chi connectivity index (χ3n) is 3.97. The maximum Gasteiger partial charge on any atom is 0.272 e. The van der Waals surface area contributed by atoms with Crippen molar-refractivity contribution in [3.63, 3.8) is 0 Å². The Kier molecular flexibility index (Phi) is 6.36. The Bertz CT molecular complexity index is 1030. The lowest BCUT2D eigenvalue weighted by atomic mass is 10.2. The highest BCUT2D eigenvalue weighted by Gasteiger charge is 2.12. The summed E-state index contributed by atoms with van der Waals surface area (Å²) in [6.07, 6.45) is 1.67. The average Bonchev–Trinajstić information content (AvgIpc) is 3.21. The van der Waals surface area contributed by atoms with Gasteiger partial charge in [0.15, 0.2) is 23.8 Å². The normalized spacial score (nSPS) is 10.4. The van der Waals surface area contributed by atoms with Crippen molar-refractivity contribution in [2.45, 2.75) is 6.54 Å². The minimum atomic E-state index is -0.584. The van der Waals surface area contributed by atoms with Crippen molar-refractivity contribution in [2.75, 3.05) is 13.7 Å². The topological polar surface area (TPSA) is 108 Å². The van der Waals surface area contributed by atoms with E-state index in [9.17, 15) is 9.59 Å². The Hall–Kier alpha value is -3.52. The van der Waals surface area contributed by atoms with Crippen LogP contribution >= 0.6 is 11.6 Å². The fraction of sp³-hybridized carbons (Fsp3) is 0.150. The molecule has 2 aromatic carbocycles. The molecule has 150 valence electrons. The van der Waals surface area contributed by atoms with Gasteiger partial charge in [-0.1, -0.05) is 29.8 Å². The van der Waals surface area contributed by atoms with Crippen LogP contribution in [-0.2, 0) is 11.3 Å². The van der Waals surface area contributed by atoms with E-state index in [1.807, 2.05) is 18.2 Å². The number of hydrogen-bond donors (Lipinski definition) is 2. The van der Waals surface area contributed by atoms with Crippen molar-refractivity contribution >= 4 is 23.4 Å². The fourth-order valence-corrected chi connectivity index (χ4v) is 2.80. The first kappa shape index (κ1) is 20.2. The molecule has 0 radical (unpaired) electrons. The number of para-hydroxylation sites is 1. The molecule has 9 heteroatoms. The molecule has 0 aliphatic carbocycles. The predicted molar refractivity (Wildman–Crippen MR) is 107 cm³/mol. The monoisotopic (exact) mass is 414 g/mol. The van der Waals surface area contributed by atoms with E-state index in [4.69, 9.17) is 26.8 Å². The molecule has 3 aromatic rings. The quantitative estimate of drug-likeness (QED) is 0.588. The molecule has 2 amide bonds. The molecule has 0 bridgehead atoms. The van der Waals surface area contributed by atoms with E-state index in [1.165, 1.54) is 7.11 Å². The second-order valence-corrected chi connectivity index (χ2v) is 6.43. The van der Waals surface area contributed by atoms with Crippen LogP contribution in [0, 0.1) is 0 Å². The zero-order valence-electron chi connectivity index (χ0n) is 15.6. The largest absolute Gasteiger partial charge is 0.493 e. The van der Waals surface area contributed by atoms with Crippen molar-refractivity contribution in [1.29, 1.82) is 0 Å². The zero-order chi connectivity index (χ0) is 20.8. The van der Waals surface area contributed by atoms with Crippen LogP contribution in [0.1, 0.15) is 16.1 Å². The molecule has 0 spiro atoms. The SMILES string of the molecule is COc1cc(CNC(=O)c2ccn(-c3ccccc3Cl)n2)ccc1OCC(N)=O. The number of aromatic nitrogens is 2. The maximum absolute atomic E-state index is 12.4. The number of ether oxygens (including phenoxy) is 2. The number of nitrogens with one attached hydrogen (secondary N) is 1. The van der Waals surface area contributed by atoms with Crippen molar-refractivity contribution < 1.29 is 19.1 Å².